The summed E-state index contributed by atoms with van der Waals surface area (Å²) in [6.45, 7) is -0.000691. The predicted molar refractivity (Wildman–Crippen MR) is 117 cm³/mol. The van der Waals surface area contributed by atoms with Crippen molar-refractivity contribution in [3.63, 3.8) is 0 Å². The molecule has 0 bridgehead atoms. The molecule has 1 aliphatic rings. The number of hydrogen-bond donors (Lipinski definition) is 1. The van der Waals surface area contributed by atoms with E-state index in [1.807, 2.05) is 6.07 Å². The number of rotatable bonds is 8. The quantitative estimate of drug-likeness (QED) is 0.399. The average molecular weight is 463 g/mol. The van der Waals surface area contributed by atoms with Crippen molar-refractivity contribution in [3.05, 3.63) is 88.9 Å². The Kier molecular flexibility index (Phi) is 6.44. The van der Waals surface area contributed by atoms with Crippen molar-refractivity contribution in [1.82, 2.24) is 4.90 Å². The monoisotopic (exact) mass is 463 g/mol. The van der Waals surface area contributed by atoms with E-state index < -0.39 is 35.5 Å². The molecule has 2 heterocycles. The molecule has 174 valence electrons. The van der Waals surface area contributed by atoms with Crippen LogP contribution in [-0.4, -0.2) is 46.9 Å². The molecule has 0 unspecified atom stereocenters. The first-order valence-corrected chi connectivity index (χ1v) is 10.5. The number of amides is 2. The third-order valence-electron chi connectivity index (χ3n) is 5.44. The Morgan fingerprint density at radius 1 is 1.00 bits per heavy atom. The van der Waals surface area contributed by atoms with Crippen LogP contribution < -0.4 is 0 Å². The molecule has 2 aromatic carbocycles. The number of furan rings is 1. The van der Waals surface area contributed by atoms with Crippen molar-refractivity contribution in [2.45, 2.75) is 25.5 Å². The standard InChI is InChI=1S/C25H21NO8/c1-32-24(30)19(26-22(28)17-9-5-6-10-18(17)23(26)29)12-11-16-13-20(27)21(34-16)25(31)33-14-15-7-3-2-4-8-15/h2-10,13,19,27H,11-12,14H2,1H3/t19-/m0/s1. The predicted octanol–water partition coefficient (Wildman–Crippen LogP) is 3.11. The molecule has 2 amide bonds. The van der Waals surface area contributed by atoms with Gasteiger partial charge in [0, 0.05) is 12.5 Å². The Bertz CT molecular complexity index is 1210. The second-order valence-electron chi connectivity index (χ2n) is 7.59. The van der Waals surface area contributed by atoms with Crippen LogP contribution in [0, 0.1) is 0 Å². The van der Waals surface area contributed by atoms with Crippen molar-refractivity contribution in [3.8, 4) is 5.75 Å². The molecule has 9 heteroatoms. The summed E-state index contributed by atoms with van der Waals surface area (Å²) in [6, 6.07) is 15.3. The number of hydrogen-bond acceptors (Lipinski definition) is 8. The van der Waals surface area contributed by atoms with Gasteiger partial charge in [-0.15, -0.1) is 0 Å². The largest absolute Gasteiger partial charge is 0.504 e. The van der Waals surface area contributed by atoms with Crippen molar-refractivity contribution in [1.29, 1.82) is 0 Å². The smallest absolute Gasteiger partial charge is 0.378 e. The van der Waals surface area contributed by atoms with E-state index in [1.165, 1.54) is 18.2 Å². The summed E-state index contributed by atoms with van der Waals surface area (Å²) in [7, 11) is 1.16. The van der Waals surface area contributed by atoms with Crippen LogP contribution in [0.4, 0.5) is 0 Å². The second-order valence-corrected chi connectivity index (χ2v) is 7.59. The van der Waals surface area contributed by atoms with Crippen LogP contribution in [0.25, 0.3) is 0 Å². The van der Waals surface area contributed by atoms with E-state index in [1.54, 1.807) is 36.4 Å². The van der Waals surface area contributed by atoms with Gasteiger partial charge in [0.15, 0.2) is 5.75 Å². The maximum absolute atomic E-state index is 12.8. The van der Waals surface area contributed by atoms with Crippen LogP contribution in [0.3, 0.4) is 0 Å². The average Bonchev–Trinajstić information content (AvgIpc) is 3.35. The zero-order valence-electron chi connectivity index (χ0n) is 18.2. The van der Waals surface area contributed by atoms with Gasteiger partial charge in [-0.1, -0.05) is 42.5 Å². The number of esters is 2. The lowest BCUT2D eigenvalue weighted by molar-refractivity contribution is -0.145. The number of fused-ring (bicyclic) bond motifs is 1. The minimum absolute atomic E-state index is 0.000691. The molecule has 1 aliphatic heterocycles. The van der Waals surface area contributed by atoms with Crippen molar-refractivity contribution in [2.75, 3.05) is 7.11 Å². The van der Waals surface area contributed by atoms with E-state index in [0.29, 0.717) is 0 Å². The zero-order valence-corrected chi connectivity index (χ0v) is 18.2. The molecule has 0 radical (unpaired) electrons. The number of aryl methyl sites for hydroxylation is 1. The van der Waals surface area contributed by atoms with Crippen molar-refractivity contribution < 1.29 is 38.2 Å². The molecular formula is C25H21NO8. The number of carbonyl (C=O) groups is 4. The molecule has 0 saturated heterocycles. The first kappa shape index (κ1) is 22.8. The summed E-state index contributed by atoms with van der Waals surface area (Å²) in [5.74, 6) is -3.42. The fourth-order valence-electron chi connectivity index (χ4n) is 3.75. The third-order valence-corrected chi connectivity index (χ3v) is 5.44. The van der Waals surface area contributed by atoms with Gasteiger partial charge < -0.3 is 19.0 Å². The molecule has 0 fully saturated rings. The zero-order chi connectivity index (χ0) is 24.2. The second kappa shape index (κ2) is 9.62. The summed E-state index contributed by atoms with van der Waals surface area (Å²) >= 11 is 0. The van der Waals surface area contributed by atoms with Gasteiger partial charge >= 0.3 is 11.9 Å². The molecule has 1 aromatic heterocycles. The minimum atomic E-state index is -1.21. The maximum atomic E-state index is 12.8. The Morgan fingerprint density at radius 2 is 1.62 bits per heavy atom. The first-order valence-electron chi connectivity index (χ1n) is 10.5. The summed E-state index contributed by atoms with van der Waals surface area (Å²) in [5, 5.41) is 10.1. The molecule has 3 aromatic rings. The highest BCUT2D eigenvalue weighted by Crippen LogP contribution is 2.29. The van der Waals surface area contributed by atoms with Crippen molar-refractivity contribution >= 4 is 23.8 Å². The summed E-state index contributed by atoms with van der Waals surface area (Å²) in [6.07, 6.45) is -0.00368. The molecule has 0 saturated carbocycles. The van der Waals surface area contributed by atoms with Gasteiger partial charge in [0.2, 0.25) is 0 Å². The molecule has 0 aliphatic carbocycles. The van der Waals surface area contributed by atoms with E-state index in [9.17, 15) is 24.3 Å². The summed E-state index contributed by atoms with van der Waals surface area (Å²) in [4.78, 5) is 51.2. The molecule has 34 heavy (non-hydrogen) atoms. The lowest BCUT2D eigenvalue weighted by Gasteiger charge is -2.23. The number of carbonyl (C=O) groups excluding carboxylic acids is 4. The molecule has 9 nitrogen and oxygen atoms in total. The Morgan fingerprint density at radius 3 is 2.24 bits per heavy atom. The van der Waals surface area contributed by atoms with Gasteiger partial charge in [0.05, 0.1) is 18.2 Å². The van der Waals surface area contributed by atoms with Gasteiger partial charge in [-0.3, -0.25) is 14.5 Å². The van der Waals surface area contributed by atoms with E-state index in [4.69, 9.17) is 13.9 Å². The van der Waals surface area contributed by atoms with Crippen LogP contribution in [0.1, 0.15) is 49.0 Å². The highest BCUT2D eigenvalue weighted by Gasteiger charge is 2.43. The topological polar surface area (TPSA) is 123 Å². The molecule has 4 rings (SSSR count). The SMILES string of the molecule is COC(=O)[C@H](CCc1cc(O)c(C(=O)OCc2ccccc2)o1)N1C(=O)c2ccccc2C1=O. The van der Waals surface area contributed by atoms with Crippen LogP contribution in [0.5, 0.6) is 5.75 Å². The van der Waals surface area contributed by atoms with Crippen LogP contribution in [-0.2, 0) is 27.3 Å². The Labute approximate surface area is 194 Å². The van der Waals surface area contributed by atoms with E-state index in [-0.39, 0.29) is 42.1 Å². The third kappa shape index (κ3) is 4.40. The maximum Gasteiger partial charge on any atom is 0.378 e. The number of nitrogens with zero attached hydrogens (tertiary/aromatic N) is 1. The Balaban J connectivity index is 1.46. The molecule has 1 atom stereocenters. The van der Waals surface area contributed by atoms with Gasteiger partial charge in [0.25, 0.3) is 17.6 Å². The number of benzene rings is 2. The van der Waals surface area contributed by atoms with Gasteiger partial charge in [0.1, 0.15) is 18.4 Å². The molecule has 1 N–H and O–H groups in total. The number of ether oxygens (including phenoxy) is 2. The van der Waals surface area contributed by atoms with Crippen LogP contribution in [0.15, 0.2) is 65.1 Å². The highest BCUT2D eigenvalue weighted by molar-refractivity contribution is 6.22. The van der Waals surface area contributed by atoms with Gasteiger partial charge in [-0.05, 0) is 24.1 Å². The lowest BCUT2D eigenvalue weighted by atomic mass is 10.1. The number of imide groups is 1. The first-order chi connectivity index (χ1) is 16.4. The fourth-order valence-corrected chi connectivity index (χ4v) is 3.75. The van der Waals surface area contributed by atoms with Crippen molar-refractivity contribution in [2.24, 2.45) is 0 Å². The van der Waals surface area contributed by atoms with Gasteiger partial charge in [-0.2, -0.15) is 0 Å². The van der Waals surface area contributed by atoms with E-state index in [0.717, 1.165) is 17.6 Å². The molecular weight excluding hydrogens is 442 g/mol. The van der Waals surface area contributed by atoms with Crippen LogP contribution in [0.2, 0.25) is 0 Å². The normalized spacial score (nSPS) is 13.5. The fraction of sp³-hybridized carbons (Fsp3) is 0.200. The van der Waals surface area contributed by atoms with Gasteiger partial charge in [-0.25, -0.2) is 9.59 Å². The number of methoxy groups -OCH3 is 1. The molecule has 0 spiro atoms. The lowest BCUT2D eigenvalue weighted by Crippen LogP contribution is -2.45. The summed E-state index contributed by atoms with van der Waals surface area (Å²) in [5.41, 5.74) is 1.19. The Hall–Kier alpha value is -4.40. The van der Waals surface area contributed by atoms with E-state index in [2.05, 4.69) is 0 Å². The minimum Gasteiger partial charge on any atom is -0.504 e. The highest BCUT2D eigenvalue weighted by atomic mass is 16.5. The number of aromatic hydroxyl groups is 1. The van der Waals surface area contributed by atoms with E-state index >= 15 is 0 Å². The van der Waals surface area contributed by atoms with Crippen LogP contribution >= 0.6 is 0 Å². The summed E-state index contributed by atoms with van der Waals surface area (Å²) < 4.78 is 15.4.